The molecule has 3 rings (SSSR count). The SMILES string of the molecule is Brc1cccc2c(CN3CCNCC3)c[nH]c12. The number of para-hydroxylation sites is 1. The van der Waals surface area contributed by atoms with Crippen LogP contribution in [0.4, 0.5) is 0 Å². The number of fused-ring (bicyclic) bond motifs is 1. The Balaban J connectivity index is 1.87. The molecule has 0 aliphatic carbocycles. The Morgan fingerprint density at radius 3 is 2.88 bits per heavy atom. The molecule has 1 fully saturated rings. The highest BCUT2D eigenvalue weighted by molar-refractivity contribution is 9.10. The van der Waals surface area contributed by atoms with Gasteiger partial charge < -0.3 is 10.3 Å². The number of rotatable bonds is 2. The van der Waals surface area contributed by atoms with E-state index >= 15 is 0 Å². The first-order valence-corrected chi connectivity index (χ1v) is 6.81. The molecule has 17 heavy (non-hydrogen) atoms. The molecule has 0 saturated carbocycles. The van der Waals surface area contributed by atoms with E-state index in [0.29, 0.717) is 0 Å². The van der Waals surface area contributed by atoms with Crippen molar-refractivity contribution in [2.24, 2.45) is 0 Å². The number of nitrogens with one attached hydrogen (secondary N) is 2. The van der Waals surface area contributed by atoms with Crippen LogP contribution in [0.5, 0.6) is 0 Å². The second-order valence-corrected chi connectivity index (χ2v) is 5.36. The Kier molecular flexibility index (Phi) is 3.18. The number of hydrogen-bond donors (Lipinski definition) is 2. The second kappa shape index (κ2) is 4.80. The Bertz CT molecular complexity index is 514. The Labute approximate surface area is 109 Å². The van der Waals surface area contributed by atoms with Crippen molar-refractivity contribution < 1.29 is 0 Å². The molecule has 4 heteroatoms. The van der Waals surface area contributed by atoms with Crippen LogP contribution < -0.4 is 5.32 Å². The molecule has 1 aliphatic rings. The van der Waals surface area contributed by atoms with Crippen molar-refractivity contribution in [3.8, 4) is 0 Å². The number of aromatic amines is 1. The molecule has 1 aromatic carbocycles. The van der Waals surface area contributed by atoms with Gasteiger partial charge in [0.15, 0.2) is 0 Å². The standard InChI is InChI=1S/C13H16BrN3/c14-12-3-1-2-11-10(8-16-13(11)12)9-17-6-4-15-5-7-17/h1-3,8,15-16H,4-7,9H2. The molecule has 3 nitrogen and oxygen atoms in total. The second-order valence-electron chi connectivity index (χ2n) is 4.50. The molecule has 0 radical (unpaired) electrons. The zero-order valence-electron chi connectivity index (χ0n) is 9.67. The van der Waals surface area contributed by atoms with Crippen molar-refractivity contribution in [2.45, 2.75) is 6.54 Å². The number of nitrogens with zero attached hydrogens (tertiary/aromatic N) is 1. The van der Waals surface area contributed by atoms with Crippen LogP contribution in [0.2, 0.25) is 0 Å². The Morgan fingerprint density at radius 2 is 2.06 bits per heavy atom. The molecule has 0 bridgehead atoms. The molecule has 1 aromatic heterocycles. The largest absolute Gasteiger partial charge is 0.360 e. The number of H-pyrrole nitrogens is 1. The maximum Gasteiger partial charge on any atom is 0.0601 e. The normalized spacial score (nSPS) is 17.7. The van der Waals surface area contributed by atoms with E-state index in [0.717, 1.165) is 37.2 Å². The first-order chi connectivity index (χ1) is 8.34. The van der Waals surface area contributed by atoms with Crippen molar-refractivity contribution in [3.05, 3.63) is 34.4 Å². The lowest BCUT2D eigenvalue weighted by Crippen LogP contribution is -2.42. The summed E-state index contributed by atoms with van der Waals surface area (Å²) in [7, 11) is 0. The number of piperazine rings is 1. The van der Waals surface area contributed by atoms with E-state index in [1.54, 1.807) is 0 Å². The van der Waals surface area contributed by atoms with Crippen molar-refractivity contribution in [2.75, 3.05) is 26.2 Å². The predicted octanol–water partition coefficient (Wildman–Crippen LogP) is 2.34. The van der Waals surface area contributed by atoms with Gasteiger partial charge in [-0.3, -0.25) is 4.90 Å². The smallest absolute Gasteiger partial charge is 0.0601 e. The highest BCUT2D eigenvalue weighted by Crippen LogP contribution is 2.26. The fraction of sp³-hybridized carbons (Fsp3) is 0.385. The van der Waals surface area contributed by atoms with E-state index < -0.39 is 0 Å². The van der Waals surface area contributed by atoms with E-state index in [9.17, 15) is 0 Å². The molecule has 0 amide bonds. The van der Waals surface area contributed by atoms with Crippen molar-refractivity contribution >= 4 is 26.8 Å². The molecular formula is C13H16BrN3. The van der Waals surface area contributed by atoms with E-state index in [1.807, 2.05) is 0 Å². The highest BCUT2D eigenvalue weighted by Gasteiger charge is 2.12. The number of benzene rings is 1. The fourth-order valence-corrected chi connectivity index (χ4v) is 2.90. The lowest BCUT2D eigenvalue weighted by Gasteiger charge is -2.26. The number of hydrogen-bond acceptors (Lipinski definition) is 2. The summed E-state index contributed by atoms with van der Waals surface area (Å²) < 4.78 is 1.14. The van der Waals surface area contributed by atoms with Crippen LogP contribution in [0.15, 0.2) is 28.9 Å². The van der Waals surface area contributed by atoms with Crippen LogP contribution >= 0.6 is 15.9 Å². The van der Waals surface area contributed by atoms with Crippen LogP contribution in [0.25, 0.3) is 10.9 Å². The summed E-state index contributed by atoms with van der Waals surface area (Å²) >= 11 is 3.58. The summed E-state index contributed by atoms with van der Waals surface area (Å²) in [6, 6.07) is 6.36. The lowest BCUT2D eigenvalue weighted by molar-refractivity contribution is 0.234. The predicted molar refractivity (Wildman–Crippen MR) is 74.1 cm³/mol. The summed E-state index contributed by atoms with van der Waals surface area (Å²) in [6.45, 7) is 5.53. The Morgan fingerprint density at radius 1 is 1.24 bits per heavy atom. The molecule has 2 heterocycles. The van der Waals surface area contributed by atoms with E-state index in [2.05, 4.69) is 55.5 Å². The molecule has 2 N–H and O–H groups in total. The van der Waals surface area contributed by atoms with Gasteiger partial charge in [0.2, 0.25) is 0 Å². The zero-order valence-corrected chi connectivity index (χ0v) is 11.3. The van der Waals surface area contributed by atoms with Gasteiger partial charge in [-0.25, -0.2) is 0 Å². The molecule has 1 aliphatic heterocycles. The first kappa shape index (κ1) is 11.3. The summed E-state index contributed by atoms with van der Waals surface area (Å²) in [6.07, 6.45) is 2.14. The van der Waals surface area contributed by atoms with Crippen LogP contribution in [0, 0.1) is 0 Å². The maximum atomic E-state index is 3.58. The minimum absolute atomic E-state index is 1.04. The molecule has 90 valence electrons. The minimum atomic E-state index is 1.04. The summed E-state index contributed by atoms with van der Waals surface area (Å²) in [5.41, 5.74) is 2.60. The van der Waals surface area contributed by atoms with Gasteiger partial charge >= 0.3 is 0 Å². The van der Waals surface area contributed by atoms with Gasteiger partial charge in [-0.05, 0) is 27.6 Å². The summed E-state index contributed by atoms with van der Waals surface area (Å²) in [5.74, 6) is 0. The first-order valence-electron chi connectivity index (χ1n) is 6.02. The van der Waals surface area contributed by atoms with Gasteiger partial charge in [-0.15, -0.1) is 0 Å². The monoisotopic (exact) mass is 293 g/mol. The van der Waals surface area contributed by atoms with Crippen LogP contribution in [-0.2, 0) is 6.54 Å². The van der Waals surface area contributed by atoms with Gasteiger partial charge in [0.1, 0.15) is 0 Å². The summed E-state index contributed by atoms with van der Waals surface area (Å²) in [4.78, 5) is 5.86. The van der Waals surface area contributed by atoms with Gasteiger partial charge in [-0.2, -0.15) is 0 Å². The zero-order chi connectivity index (χ0) is 11.7. The van der Waals surface area contributed by atoms with Gasteiger partial charge in [0.25, 0.3) is 0 Å². The number of aromatic nitrogens is 1. The van der Waals surface area contributed by atoms with Crippen LogP contribution in [0.1, 0.15) is 5.56 Å². The van der Waals surface area contributed by atoms with Gasteiger partial charge in [0.05, 0.1) is 5.52 Å². The number of halogens is 1. The van der Waals surface area contributed by atoms with Crippen LogP contribution in [-0.4, -0.2) is 36.1 Å². The molecule has 0 atom stereocenters. The lowest BCUT2D eigenvalue weighted by atomic mass is 10.1. The van der Waals surface area contributed by atoms with Crippen LogP contribution in [0.3, 0.4) is 0 Å². The van der Waals surface area contributed by atoms with Crippen molar-refractivity contribution in [1.82, 2.24) is 15.2 Å². The average molecular weight is 294 g/mol. The summed E-state index contributed by atoms with van der Waals surface area (Å²) in [5, 5.41) is 4.72. The van der Waals surface area contributed by atoms with Crippen molar-refractivity contribution in [1.29, 1.82) is 0 Å². The maximum absolute atomic E-state index is 3.58. The van der Waals surface area contributed by atoms with E-state index in [4.69, 9.17) is 0 Å². The van der Waals surface area contributed by atoms with Gasteiger partial charge in [-0.1, -0.05) is 12.1 Å². The van der Waals surface area contributed by atoms with Gasteiger partial charge in [0, 0.05) is 48.8 Å². The third kappa shape index (κ3) is 2.25. The highest BCUT2D eigenvalue weighted by atomic mass is 79.9. The minimum Gasteiger partial charge on any atom is -0.360 e. The Hall–Kier alpha value is -0.840. The molecule has 2 aromatic rings. The molecule has 1 saturated heterocycles. The third-order valence-corrected chi connectivity index (χ3v) is 4.01. The average Bonchev–Trinajstić information content (AvgIpc) is 2.76. The molecular weight excluding hydrogens is 278 g/mol. The van der Waals surface area contributed by atoms with E-state index in [1.165, 1.54) is 16.5 Å². The third-order valence-electron chi connectivity index (χ3n) is 3.35. The van der Waals surface area contributed by atoms with Crippen molar-refractivity contribution in [3.63, 3.8) is 0 Å². The topological polar surface area (TPSA) is 31.1 Å². The molecule has 0 unspecified atom stereocenters. The quantitative estimate of drug-likeness (QED) is 0.890. The van der Waals surface area contributed by atoms with E-state index in [-0.39, 0.29) is 0 Å². The fourth-order valence-electron chi connectivity index (χ4n) is 2.42. The molecule has 0 spiro atoms.